The maximum atomic E-state index is 12.8. The normalized spacial score (nSPS) is 14.6. The number of hydrogen-bond acceptors (Lipinski definition) is 3. The highest BCUT2D eigenvalue weighted by Crippen LogP contribution is 2.36. The van der Waals surface area contributed by atoms with E-state index in [1.165, 1.54) is 5.39 Å². The molecule has 1 aliphatic heterocycles. The highest BCUT2D eigenvalue weighted by molar-refractivity contribution is 9.11. The van der Waals surface area contributed by atoms with Crippen LogP contribution in [0.15, 0.2) is 99.6 Å². The van der Waals surface area contributed by atoms with Crippen LogP contribution in [0.2, 0.25) is 0 Å². The van der Waals surface area contributed by atoms with E-state index in [1.54, 1.807) is 30.3 Å². The van der Waals surface area contributed by atoms with Crippen LogP contribution in [0.1, 0.15) is 11.1 Å². The molecule has 5 nitrogen and oxygen atoms in total. The predicted molar refractivity (Wildman–Crippen MR) is 141 cm³/mol. The van der Waals surface area contributed by atoms with Crippen molar-refractivity contribution in [1.29, 1.82) is 0 Å². The van der Waals surface area contributed by atoms with Crippen LogP contribution in [0.25, 0.3) is 16.8 Å². The summed E-state index contributed by atoms with van der Waals surface area (Å²) in [6.07, 6.45) is 1.64. The Morgan fingerprint density at radius 1 is 0.824 bits per heavy atom. The summed E-state index contributed by atoms with van der Waals surface area (Å²) in [6, 6.07) is 26.5. The first-order chi connectivity index (χ1) is 16.5. The van der Waals surface area contributed by atoms with Gasteiger partial charge in [0, 0.05) is 0 Å². The van der Waals surface area contributed by atoms with Gasteiger partial charge in [-0.25, -0.2) is 9.69 Å². The lowest BCUT2D eigenvalue weighted by molar-refractivity contribution is -0.113. The van der Waals surface area contributed by atoms with Gasteiger partial charge in [0.05, 0.1) is 14.6 Å². The molecule has 1 N–H and O–H groups in total. The summed E-state index contributed by atoms with van der Waals surface area (Å²) in [5.41, 5.74) is 2.52. The van der Waals surface area contributed by atoms with Crippen LogP contribution < -0.4 is 15.0 Å². The van der Waals surface area contributed by atoms with Crippen molar-refractivity contribution in [2.24, 2.45) is 0 Å². The van der Waals surface area contributed by atoms with Crippen molar-refractivity contribution < 1.29 is 14.3 Å². The molecule has 0 aromatic heterocycles. The zero-order valence-corrected chi connectivity index (χ0v) is 21.0. The molecule has 0 saturated carbocycles. The molecular weight excluding hydrogens is 560 g/mol. The maximum Gasteiger partial charge on any atom is 0.333 e. The van der Waals surface area contributed by atoms with E-state index in [-0.39, 0.29) is 5.70 Å². The number of benzene rings is 4. The molecular formula is C27H18Br2N2O3. The SMILES string of the molecule is O=C1N/C(=C/c2cc(Br)c(OCc3ccc4ccccc4c3)c(Br)c2)C(=O)N1c1ccccc1. The van der Waals surface area contributed by atoms with Gasteiger partial charge in [-0.3, -0.25) is 4.79 Å². The van der Waals surface area contributed by atoms with Gasteiger partial charge in [0.25, 0.3) is 5.91 Å². The van der Waals surface area contributed by atoms with Crippen molar-refractivity contribution in [2.75, 3.05) is 4.90 Å². The van der Waals surface area contributed by atoms with Gasteiger partial charge >= 0.3 is 6.03 Å². The summed E-state index contributed by atoms with van der Waals surface area (Å²) in [5, 5.41) is 5.00. The molecule has 4 aromatic rings. The summed E-state index contributed by atoms with van der Waals surface area (Å²) < 4.78 is 7.54. The van der Waals surface area contributed by atoms with Crippen molar-refractivity contribution in [3.05, 3.63) is 111 Å². The number of anilines is 1. The van der Waals surface area contributed by atoms with E-state index in [0.29, 0.717) is 18.0 Å². The molecule has 5 rings (SSSR count). The second-order valence-corrected chi connectivity index (χ2v) is 9.46. The van der Waals surface area contributed by atoms with Crippen LogP contribution >= 0.6 is 31.9 Å². The average Bonchev–Trinajstić information content (AvgIpc) is 3.11. The predicted octanol–water partition coefficient (Wildman–Crippen LogP) is 7.04. The Morgan fingerprint density at radius 2 is 1.50 bits per heavy atom. The van der Waals surface area contributed by atoms with Crippen molar-refractivity contribution in [2.45, 2.75) is 6.61 Å². The molecule has 0 radical (unpaired) electrons. The zero-order chi connectivity index (χ0) is 23.7. The largest absolute Gasteiger partial charge is 0.487 e. The zero-order valence-electron chi connectivity index (χ0n) is 17.8. The number of carbonyl (C=O) groups excluding carboxylic acids is 2. The fourth-order valence-electron chi connectivity index (χ4n) is 3.80. The lowest BCUT2D eigenvalue weighted by atomic mass is 10.1. The lowest BCUT2D eigenvalue weighted by Crippen LogP contribution is -2.30. The van der Waals surface area contributed by atoms with Gasteiger partial charge < -0.3 is 10.1 Å². The summed E-state index contributed by atoms with van der Waals surface area (Å²) in [6.45, 7) is 0.406. The number of urea groups is 1. The number of para-hydroxylation sites is 1. The van der Waals surface area contributed by atoms with Crippen molar-refractivity contribution in [1.82, 2.24) is 5.32 Å². The van der Waals surface area contributed by atoms with E-state index < -0.39 is 11.9 Å². The number of ether oxygens (including phenoxy) is 1. The standard InChI is InChI=1S/C27H18Br2N2O3/c28-22-13-18(15-24-26(32)31(27(33)30-24)21-8-2-1-3-9-21)14-23(29)25(22)34-16-17-10-11-19-6-4-5-7-20(19)12-17/h1-15H,16H2,(H,30,33)/b24-15+. The minimum Gasteiger partial charge on any atom is -0.487 e. The Bertz CT molecular complexity index is 1430. The lowest BCUT2D eigenvalue weighted by Gasteiger charge is -2.12. The summed E-state index contributed by atoms with van der Waals surface area (Å²) in [7, 11) is 0. The number of fused-ring (bicyclic) bond motifs is 1. The van der Waals surface area contributed by atoms with Crippen LogP contribution in [-0.2, 0) is 11.4 Å². The Balaban J connectivity index is 1.35. The molecule has 1 heterocycles. The third kappa shape index (κ3) is 4.49. The van der Waals surface area contributed by atoms with E-state index in [0.717, 1.165) is 30.4 Å². The second kappa shape index (κ2) is 9.44. The molecule has 0 bridgehead atoms. The molecule has 0 spiro atoms. The average molecular weight is 578 g/mol. The molecule has 1 aliphatic rings. The van der Waals surface area contributed by atoms with Gasteiger partial charge in [-0.15, -0.1) is 0 Å². The van der Waals surface area contributed by atoms with Gasteiger partial charge in [0.2, 0.25) is 0 Å². The minimum absolute atomic E-state index is 0.206. The van der Waals surface area contributed by atoms with Gasteiger partial charge in [-0.05, 0) is 90.2 Å². The molecule has 34 heavy (non-hydrogen) atoms. The van der Waals surface area contributed by atoms with Crippen LogP contribution in [0.5, 0.6) is 5.75 Å². The number of amides is 3. The summed E-state index contributed by atoms with van der Waals surface area (Å²) in [5.74, 6) is 0.253. The third-order valence-electron chi connectivity index (χ3n) is 5.42. The Morgan fingerprint density at radius 3 is 2.24 bits per heavy atom. The van der Waals surface area contributed by atoms with E-state index in [1.807, 2.05) is 30.3 Å². The fraction of sp³-hybridized carbons (Fsp3) is 0.0370. The number of hydrogen-bond donors (Lipinski definition) is 1. The monoisotopic (exact) mass is 576 g/mol. The van der Waals surface area contributed by atoms with Crippen LogP contribution in [0, 0.1) is 0 Å². The van der Waals surface area contributed by atoms with Gasteiger partial charge in [0.15, 0.2) is 0 Å². The number of nitrogens with one attached hydrogen (secondary N) is 1. The Labute approximate surface area is 213 Å². The smallest absolute Gasteiger partial charge is 0.333 e. The quantitative estimate of drug-likeness (QED) is 0.204. The minimum atomic E-state index is -0.476. The molecule has 3 amide bonds. The number of rotatable bonds is 5. The fourth-order valence-corrected chi connectivity index (χ4v) is 5.25. The molecule has 0 atom stereocenters. The van der Waals surface area contributed by atoms with Crippen LogP contribution in [0.4, 0.5) is 10.5 Å². The highest BCUT2D eigenvalue weighted by Gasteiger charge is 2.34. The molecule has 168 valence electrons. The number of halogens is 2. The number of nitrogens with zero attached hydrogens (tertiary/aromatic N) is 1. The maximum absolute atomic E-state index is 12.8. The van der Waals surface area contributed by atoms with E-state index in [9.17, 15) is 9.59 Å². The first-order valence-corrected chi connectivity index (χ1v) is 12.1. The molecule has 1 fully saturated rings. The molecule has 0 aliphatic carbocycles. The van der Waals surface area contributed by atoms with Gasteiger partial charge in [0.1, 0.15) is 18.1 Å². The third-order valence-corrected chi connectivity index (χ3v) is 6.60. The molecule has 1 saturated heterocycles. The first kappa shape index (κ1) is 22.4. The Hall–Kier alpha value is -3.42. The first-order valence-electron chi connectivity index (χ1n) is 10.5. The summed E-state index contributed by atoms with van der Waals surface area (Å²) >= 11 is 7.14. The van der Waals surface area contributed by atoms with Gasteiger partial charge in [-0.2, -0.15) is 0 Å². The van der Waals surface area contributed by atoms with Crippen molar-refractivity contribution in [3.63, 3.8) is 0 Å². The Kier molecular flexibility index (Phi) is 6.22. The van der Waals surface area contributed by atoms with Crippen LogP contribution in [0.3, 0.4) is 0 Å². The van der Waals surface area contributed by atoms with Crippen molar-refractivity contribution in [3.8, 4) is 5.75 Å². The molecule has 4 aromatic carbocycles. The van der Waals surface area contributed by atoms with E-state index >= 15 is 0 Å². The number of imide groups is 1. The summed E-state index contributed by atoms with van der Waals surface area (Å²) in [4.78, 5) is 26.3. The number of carbonyl (C=O) groups is 2. The van der Waals surface area contributed by atoms with Crippen LogP contribution in [-0.4, -0.2) is 11.9 Å². The van der Waals surface area contributed by atoms with E-state index in [4.69, 9.17) is 4.74 Å². The second-order valence-electron chi connectivity index (χ2n) is 7.75. The van der Waals surface area contributed by atoms with E-state index in [2.05, 4.69) is 67.5 Å². The molecule has 0 unspecified atom stereocenters. The van der Waals surface area contributed by atoms with Crippen molar-refractivity contribution >= 4 is 66.3 Å². The highest BCUT2D eigenvalue weighted by atomic mass is 79.9. The van der Waals surface area contributed by atoms with Gasteiger partial charge in [-0.1, -0.05) is 54.6 Å². The molecule has 7 heteroatoms. The topological polar surface area (TPSA) is 58.6 Å².